The monoisotopic (exact) mass is 237 g/mol. The first-order chi connectivity index (χ1) is 7.97. The number of nitrogens with one attached hydrogen (secondary N) is 1. The molecule has 2 nitrogen and oxygen atoms in total. The van der Waals surface area contributed by atoms with E-state index in [9.17, 15) is 4.39 Å². The minimum absolute atomic E-state index is 0.0327. The van der Waals surface area contributed by atoms with Crippen molar-refractivity contribution in [1.82, 2.24) is 5.32 Å². The molecule has 0 spiro atoms. The normalized spacial score (nSPS) is 20.6. The Morgan fingerprint density at radius 1 is 1.35 bits per heavy atom. The minimum Gasteiger partial charge on any atom is -0.489 e. The molecule has 0 unspecified atom stereocenters. The van der Waals surface area contributed by atoms with Gasteiger partial charge in [0.25, 0.3) is 0 Å². The third-order valence-corrected chi connectivity index (χ3v) is 3.06. The van der Waals surface area contributed by atoms with E-state index in [-0.39, 0.29) is 17.3 Å². The van der Waals surface area contributed by atoms with E-state index in [4.69, 9.17) is 4.74 Å². The van der Waals surface area contributed by atoms with Crippen LogP contribution in [0.15, 0.2) is 18.2 Å². The largest absolute Gasteiger partial charge is 0.489 e. The Kier molecular flexibility index (Phi) is 3.38. The van der Waals surface area contributed by atoms with Crippen LogP contribution in [0.3, 0.4) is 0 Å². The van der Waals surface area contributed by atoms with E-state index in [1.807, 2.05) is 6.07 Å². The summed E-state index contributed by atoms with van der Waals surface area (Å²) >= 11 is 0. The van der Waals surface area contributed by atoms with Gasteiger partial charge in [0.05, 0.1) is 0 Å². The minimum atomic E-state index is -0.237. The molecule has 1 saturated heterocycles. The van der Waals surface area contributed by atoms with E-state index in [1.54, 1.807) is 0 Å². The lowest BCUT2D eigenvalue weighted by atomic mass is 9.86. The summed E-state index contributed by atoms with van der Waals surface area (Å²) < 4.78 is 19.2. The SMILES string of the molecule is CC(C)(C)c1ccc(F)cc1O[C@@H]1CCNC1. The number of ether oxygens (including phenoxy) is 1. The first kappa shape index (κ1) is 12.4. The molecule has 1 aliphatic heterocycles. The summed E-state index contributed by atoms with van der Waals surface area (Å²) in [6, 6.07) is 4.83. The summed E-state index contributed by atoms with van der Waals surface area (Å²) in [5.74, 6) is 0.449. The van der Waals surface area contributed by atoms with E-state index in [0.29, 0.717) is 5.75 Å². The first-order valence-corrected chi connectivity index (χ1v) is 6.14. The second-order valence-electron chi connectivity index (χ2n) is 5.62. The lowest BCUT2D eigenvalue weighted by Crippen LogP contribution is -2.22. The maximum absolute atomic E-state index is 13.3. The Morgan fingerprint density at radius 3 is 2.71 bits per heavy atom. The van der Waals surface area contributed by atoms with Crippen LogP contribution < -0.4 is 10.1 Å². The summed E-state index contributed by atoms with van der Waals surface area (Å²) in [5.41, 5.74) is 1.03. The molecule has 1 atom stereocenters. The Balaban J connectivity index is 2.26. The molecule has 1 fully saturated rings. The molecule has 17 heavy (non-hydrogen) atoms. The van der Waals surface area contributed by atoms with Crippen LogP contribution in [0, 0.1) is 5.82 Å². The lowest BCUT2D eigenvalue weighted by molar-refractivity contribution is 0.217. The fourth-order valence-corrected chi connectivity index (χ4v) is 2.12. The van der Waals surface area contributed by atoms with Crippen molar-refractivity contribution in [2.45, 2.75) is 38.7 Å². The standard InChI is InChI=1S/C14H20FNO/c1-14(2,3)12-5-4-10(15)8-13(12)17-11-6-7-16-9-11/h4-5,8,11,16H,6-7,9H2,1-3H3/t11-/m1/s1. The van der Waals surface area contributed by atoms with Crippen molar-refractivity contribution in [2.24, 2.45) is 0 Å². The number of hydrogen-bond acceptors (Lipinski definition) is 2. The van der Waals surface area contributed by atoms with Gasteiger partial charge < -0.3 is 10.1 Å². The molecule has 1 heterocycles. The summed E-state index contributed by atoms with van der Waals surface area (Å²) in [5, 5.41) is 3.25. The highest BCUT2D eigenvalue weighted by Gasteiger charge is 2.23. The summed E-state index contributed by atoms with van der Waals surface area (Å²) in [7, 11) is 0. The summed E-state index contributed by atoms with van der Waals surface area (Å²) in [6.45, 7) is 8.16. The topological polar surface area (TPSA) is 21.3 Å². The van der Waals surface area contributed by atoms with Gasteiger partial charge in [-0.2, -0.15) is 0 Å². The number of benzene rings is 1. The molecule has 0 saturated carbocycles. The first-order valence-electron chi connectivity index (χ1n) is 6.14. The fourth-order valence-electron chi connectivity index (χ4n) is 2.12. The predicted octanol–water partition coefficient (Wildman–Crippen LogP) is 2.86. The van der Waals surface area contributed by atoms with Gasteiger partial charge in [-0.1, -0.05) is 26.8 Å². The quantitative estimate of drug-likeness (QED) is 0.854. The zero-order valence-corrected chi connectivity index (χ0v) is 10.7. The molecular formula is C14H20FNO. The zero-order chi connectivity index (χ0) is 12.5. The van der Waals surface area contributed by atoms with Gasteiger partial charge in [0, 0.05) is 12.6 Å². The Bertz CT molecular complexity index is 392. The Labute approximate surface area is 102 Å². The zero-order valence-electron chi connectivity index (χ0n) is 10.7. The van der Waals surface area contributed by atoms with Crippen LogP contribution in [0.4, 0.5) is 4.39 Å². The van der Waals surface area contributed by atoms with Gasteiger partial charge in [-0.05, 0) is 30.0 Å². The van der Waals surface area contributed by atoms with Crippen molar-refractivity contribution in [3.8, 4) is 5.75 Å². The molecule has 94 valence electrons. The predicted molar refractivity (Wildman–Crippen MR) is 67.0 cm³/mol. The van der Waals surface area contributed by atoms with Crippen LogP contribution in [0.1, 0.15) is 32.8 Å². The molecule has 0 radical (unpaired) electrons. The average molecular weight is 237 g/mol. The van der Waals surface area contributed by atoms with Crippen molar-refractivity contribution in [1.29, 1.82) is 0 Å². The van der Waals surface area contributed by atoms with Gasteiger partial charge >= 0.3 is 0 Å². The smallest absolute Gasteiger partial charge is 0.126 e. The van der Waals surface area contributed by atoms with Gasteiger partial charge in [0.15, 0.2) is 0 Å². The maximum Gasteiger partial charge on any atom is 0.126 e. The molecule has 3 heteroatoms. The summed E-state index contributed by atoms with van der Waals surface area (Å²) in [6.07, 6.45) is 1.15. The van der Waals surface area contributed by atoms with Crippen molar-refractivity contribution >= 4 is 0 Å². The third kappa shape index (κ3) is 2.97. The molecule has 1 aliphatic rings. The Morgan fingerprint density at radius 2 is 2.12 bits per heavy atom. The second-order valence-corrected chi connectivity index (χ2v) is 5.62. The van der Waals surface area contributed by atoms with E-state index in [2.05, 4.69) is 26.1 Å². The van der Waals surface area contributed by atoms with Crippen LogP contribution in [0.5, 0.6) is 5.75 Å². The van der Waals surface area contributed by atoms with Crippen LogP contribution >= 0.6 is 0 Å². The van der Waals surface area contributed by atoms with Crippen LogP contribution in [-0.4, -0.2) is 19.2 Å². The maximum atomic E-state index is 13.3. The van der Waals surface area contributed by atoms with Crippen molar-refractivity contribution < 1.29 is 9.13 Å². The molecule has 1 aromatic carbocycles. The van der Waals surface area contributed by atoms with Gasteiger partial charge in [-0.15, -0.1) is 0 Å². The van der Waals surface area contributed by atoms with E-state index < -0.39 is 0 Å². The van der Waals surface area contributed by atoms with Gasteiger partial charge in [-0.3, -0.25) is 0 Å². The Hall–Kier alpha value is -1.09. The number of rotatable bonds is 2. The molecular weight excluding hydrogens is 217 g/mol. The highest BCUT2D eigenvalue weighted by molar-refractivity contribution is 5.39. The number of hydrogen-bond donors (Lipinski definition) is 1. The molecule has 0 aromatic heterocycles. The molecule has 2 rings (SSSR count). The third-order valence-electron chi connectivity index (χ3n) is 3.06. The van der Waals surface area contributed by atoms with Gasteiger partial charge in [0.1, 0.15) is 17.7 Å². The number of halogens is 1. The average Bonchev–Trinajstić information content (AvgIpc) is 2.68. The van der Waals surface area contributed by atoms with Gasteiger partial charge in [-0.25, -0.2) is 4.39 Å². The van der Waals surface area contributed by atoms with E-state index in [1.165, 1.54) is 12.1 Å². The lowest BCUT2D eigenvalue weighted by Gasteiger charge is -2.24. The molecule has 1 N–H and O–H groups in total. The van der Waals surface area contributed by atoms with Gasteiger partial charge in [0.2, 0.25) is 0 Å². The van der Waals surface area contributed by atoms with Crippen LogP contribution in [0.2, 0.25) is 0 Å². The van der Waals surface area contributed by atoms with E-state index in [0.717, 1.165) is 25.1 Å². The van der Waals surface area contributed by atoms with Crippen molar-refractivity contribution in [3.63, 3.8) is 0 Å². The molecule has 1 aromatic rings. The van der Waals surface area contributed by atoms with Crippen molar-refractivity contribution in [3.05, 3.63) is 29.6 Å². The molecule has 0 aliphatic carbocycles. The highest BCUT2D eigenvalue weighted by atomic mass is 19.1. The molecule has 0 amide bonds. The van der Waals surface area contributed by atoms with Crippen LogP contribution in [0.25, 0.3) is 0 Å². The fraction of sp³-hybridized carbons (Fsp3) is 0.571. The second kappa shape index (κ2) is 4.65. The van der Waals surface area contributed by atoms with Crippen LogP contribution in [-0.2, 0) is 5.41 Å². The van der Waals surface area contributed by atoms with E-state index >= 15 is 0 Å². The summed E-state index contributed by atoms with van der Waals surface area (Å²) in [4.78, 5) is 0. The molecule has 0 bridgehead atoms. The highest BCUT2D eigenvalue weighted by Crippen LogP contribution is 2.32. The van der Waals surface area contributed by atoms with Crippen molar-refractivity contribution in [2.75, 3.05) is 13.1 Å².